The fourth-order valence-corrected chi connectivity index (χ4v) is 5.14. The standard InChI is InChI=1S/C30H34FN3/c1-2-3-4-5-6-7-22-8-10-23(11-9-22)24-12-14-25(15-13-24)28-20-33-30(34-21-28)26-16-17-27(19-32)29(31)18-26/h12-18,20-23H,2-11H2,1H3/t22-,23-. The molecule has 0 spiro atoms. The minimum Gasteiger partial charge on any atom is -0.236 e. The van der Waals surface area contributed by atoms with Crippen molar-refractivity contribution in [3.63, 3.8) is 0 Å². The minimum absolute atomic E-state index is 0.0244. The van der Waals surface area contributed by atoms with Gasteiger partial charge in [-0.1, -0.05) is 69.7 Å². The molecule has 176 valence electrons. The summed E-state index contributed by atoms with van der Waals surface area (Å²) in [5.41, 5.74) is 4.06. The molecule has 2 aromatic carbocycles. The summed E-state index contributed by atoms with van der Waals surface area (Å²) in [6, 6.07) is 15.1. The molecule has 0 atom stereocenters. The number of halogens is 1. The zero-order valence-corrected chi connectivity index (χ0v) is 20.1. The topological polar surface area (TPSA) is 49.6 Å². The highest BCUT2D eigenvalue weighted by atomic mass is 19.1. The first-order valence-corrected chi connectivity index (χ1v) is 12.8. The summed E-state index contributed by atoms with van der Waals surface area (Å²) in [4.78, 5) is 8.85. The maximum atomic E-state index is 13.9. The van der Waals surface area contributed by atoms with Crippen LogP contribution in [-0.2, 0) is 0 Å². The maximum Gasteiger partial charge on any atom is 0.159 e. The summed E-state index contributed by atoms with van der Waals surface area (Å²) in [5, 5.41) is 8.89. The van der Waals surface area contributed by atoms with E-state index in [0.29, 0.717) is 17.3 Å². The number of hydrogen-bond donors (Lipinski definition) is 0. The van der Waals surface area contributed by atoms with E-state index in [0.717, 1.165) is 17.0 Å². The van der Waals surface area contributed by atoms with Gasteiger partial charge in [-0.25, -0.2) is 14.4 Å². The molecule has 3 nitrogen and oxygen atoms in total. The van der Waals surface area contributed by atoms with Crippen molar-refractivity contribution in [2.75, 3.05) is 0 Å². The van der Waals surface area contributed by atoms with Crippen LogP contribution < -0.4 is 0 Å². The maximum absolute atomic E-state index is 13.9. The molecule has 4 heteroatoms. The average molecular weight is 456 g/mol. The van der Waals surface area contributed by atoms with Gasteiger partial charge in [0.15, 0.2) is 5.82 Å². The summed E-state index contributed by atoms with van der Waals surface area (Å²) in [7, 11) is 0. The molecule has 0 amide bonds. The van der Waals surface area contributed by atoms with E-state index in [1.54, 1.807) is 18.5 Å². The van der Waals surface area contributed by atoms with Crippen LogP contribution in [0.25, 0.3) is 22.5 Å². The number of unbranched alkanes of at least 4 members (excludes halogenated alkanes) is 4. The fourth-order valence-electron chi connectivity index (χ4n) is 5.14. The third-order valence-corrected chi connectivity index (χ3v) is 7.28. The average Bonchev–Trinajstić information content (AvgIpc) is 2.89. The lowest BCUT2D eigenvalue weighted by Gasteiger charge is -2.29. The molecule has 1 fully saturated rings. The predicted octanol–water partition coefficient (Wildman–Crippen LogP) is 8.46. The molecule has 1 aromatic heterocycles. The van der Waals surface area contributed by atoms with Crippen LogP contribution >= 0.6 is 0 Å². The fraction of sp³-hybridized carbons (Fsp3) is 0.433. The largest absolute Gasteiger partial charge is 0.236 e. The lowest BCUT2D eigenvalue weighted by Crippen LogP contribution is -2.13. The van der Waals surface area contributed by atoms with Crippen LogP contribution in [0.3, 0.4) is 0 Å². The molecule has 0 radical (unpaired) electrons. The predicted molar refractivity (Wildman–Crippen MR) is 136 cm³/mol. The first kappa shape index (κ1) is 24.1. The van der Waals surface area contributed by atoms with E-state index < -0.39 is 5.82 Å². The van der Waals surface area contributed by atoms with E-state index in [1.807, 2.05) is 6.07 Å². The molecule has 1 heterocycles. The van der Waals surface area contributed by atoms with Crippen LogP contribution in [-0.4, -0.2) is 9.97 Å². The first-order valence-electron chi connectivity index (χ1n) is 12.8. The molecule has 1 aliphatic carbocycles. The Labute approximate surface area is 203 Å². The van der Waals surface area contributed by atoms with Crippen LogP contribution in [0.15, 0.2) is 54.9 Å². The Balaban J connectivity index is 1.32. The molecule has 3 aromatic rings. The molecule has 0 aliphatic heterocycles. The number of hydrogen-bond acceptors (Lipinski definition) is 3. The molecule has 1 aliphatic rings. The molecule has 0 saturated heterocycles. The Kier molecular flexibility index (Phi) is 8.41. The van der Waals surface area contributed by atoms with Gasteiger partial charge < -0.3 is 0 Å². The van der Waals surface area contributed by atoms with E-state index in [1.165, 1.54) is 81.9 Å². The number of aromatic nitrogens is 2. The van der Waals surface area contributed by atoms with Crippen molar-refractivity contribution in [1.29, 1.82) is 5.26 Å². The van der Waals surface area contributed by atoms with Crippen LogP contribution in [0, 0.1) is 23.1 Å². The van der Waals surface area contributed by atoms with E-state index >= 15 is 0 Å². The zero-order chi connectivity index (χ0) is 23.8. The van der Waals surface area contributed by atoms with Gasteiger partial charge in [-0.05, 0) is 66.8 Å². The van der Waals surface area contributed by atoms with E-state index in [2.05, 4.69) is 41.2 Å². The molecule has 0 N–H and O–H groups in total. The Bertz CT molecular complexity index is 1090. The zero-order valence-electron chi connectivity index (χ0n) is 20.1. The third-order valence-electron chi connectivity index (χ3n) is 7.28. The second kappa shape index (κ2) is 11.9. The lowest BCUT2D eigenvalue weighted by molar-refractivity contribution is 0.302. The van der Waals surface area contributed by atoms with E-state index in [9.17, 15) is 4.39 Å². The second-order valence-electron chi connectivity index (χ2n) is 9.64. The summed E-state index contributed by atoms with van der Waals surface area (Å²) < 4.78 is 13.9. The molecule has 34 heavy (non-hydrogen) atoms. The first-order chi connectivity index (χ1) is 16.7. The quantitative estimate of drug-likeness (QED) is 0.304. The lowest BCUT2D eigenvalue weighted by atomic mass is 9.77. The van der Waals surface area contributed by atoms with Gasteiger partial charge in [0.2, 0.25) is 0 Å². The van der Waals surface area contributed by atoms with Gasteiger partial charge >= 0.3 is 0 Å². The molecule has 0 bridgehead atoms. The monoisotopic (exact) mass is 455 g/mol. The summed E-state index contributed by atoms with van der Waals surface area (Å²) >= 11 is 0. The normalized spacial score (nSPS) is 17.9. The highest BCUT2D eigenvalue weighted by Gasteiger charge is 2.22. The van der Waals surface area contributed by atoms with Gasteiger partial charge in [0.25, 0.3) is 0 Å². The highest BCUT2D eigenvalue weighted by molar-refractivity contribution is 5.64. The number of nitrogens with zero attached hydrogens (tertiary/aromatic N) is 3. The Morgan fingerprint density at radius 1 is 0.853 bits per heavy atom. The van der Waals surface area contributed by atoms with Gasteiger partial charge in [-0.15, -0.1) is 0 Å². The third kappa shape index (κ3) is 6.08. The number of rotatable bonds is 9. The van der Waals surface area contributed by atoms with Gasteiger partial charge in [0.05, 0.1) is 5.56 Å². The number of nitriles is 1. The van der Waals surface area contributed by atoms with Crippen molar-refractivity contribution in [3.8, 4) is 28.6 Å². The molecule has 1 saturated carbocycles. The van der Waals surface area contributed by atoms with Crippen LogP contribution in [0.2, 0.25) is 0 Å². The van der Waals surface area contributed by atoms with Gasteiger partial charge in [-0.2, -0.15) is 5.26 Å². The summed E-state index contributed by atoms with van der Waals surface area (Å²) in [5.74, 6) is 1.50. The summed E-state index contributed by atoms with van der Waals surface area (Å²) in [6.45, 7) is 2.28. The smallest absolute Gasteiger partial charge is 0.159 e. The summed E-state index contributed by atoms with van der Waals surface area (Å²) in [6.07, 6.45) is 17.2. The van der Waals surface area contributed by atoms with Crippen LogP contribution in [0.1, 0.15) is 88.2 Å². The van der Waals surface area contributed by atoms with Crippen molar-refractivity contribution < 1.29 is 4.39 Å². The molecular formula is C30H34FN3. The minimum atomic E-state index is -0.552. The van der Waals surface area contributed by atoms with Crippen molar-refractivity contribution in [2.45, 2.75) is 77.0 Å². The van der Waals surface area contributed by atoms with Crippen LogP contribution in [0.4, 0.5) is 4.39 Å². The number of benzene rings is 2. The Hall–Kier alpha value is -3.06. The molecule has 4 rings (SSSR count). The molecular weight excluding hydrogens is 421 g/mol. The Morgan fingerprint density at radius 3 is 2.18 bits per heavy atom. The highest BCUT2D eigenvalue weighted by Crippen LogP contribution is 2.38. The Morgan fingerprint density at radius 2 is 1.53 bits per heavy atom. The van der Waals surface area contributed by atoms with Gasteiger partial charge in [0, 0.05) is 23.5 Å². The van der Waals surface area contributed by atoms with Gasteiger partial charge in [0.1, 0.15) is 11.9 Å². The van der Waals surface area contributed by atoms with Gasteiger partial charge in [-0.3, -0.25) is 0 Å². The van der Waals surface area contributed by atoms with Crippen molar-refractivity contribution in [3.05, 3.63) is 71.8 Å². The second-order valence-corrected chi connectivity index (χ2v) is 9.64. The van der Waals surface area contributed by atoms with Crippen molar-refractivity contribution in [2.24, 2.45) is 5.92 Å². The van der Waals surface area contributed by atoms with Crippen molar-refractivity contribution in [1.82, 2.24) is 9.97 Å². The SMILES string of the molecule is CCCCCCC[C@H]1CC[C@H](c2ccc(-c3cnc(-c4ccc(C#N)c(F)c4)nc3)cc2)CC1. The van der Waals surface area contributed by atoms with E-state index in [-0.39, 0.29) is 5.56 Å². The van der Waals surface area contributed by atoms with Crippen molar-refractivity contribution >= 4 is 0 Å². The van der Waals surface area contributed by atoms with E-state index in [4.69, 9.17) is 5.26 Å². The van der Waals surface area contributed by atoms with Crippen LogP contribution in [0.5, 0.6) is 0 Å². The molecule has 0 unspecified atom stereocenters.